The first-order valence-corrected chi connectivity index (χ1v) is 9.18. The van der Waals surface area contributed by atoms with Crippen molar-refractivity contribution in [3.63, 3.8) is 0 Å². The third-order valence-corrected chi connectivity index (χ3v) is 4.96. The molecule has 0 fully saturated rings. The number of aromatic nitrogens is 3. The van der Waals surface area contributed by atoms with Crippen LogP contribution in [0, 0.1) is 15.9 Å². The topological polar surface area (TPSA) is 103 Å². The van der Waals surface area contributed by atoms with E-state index in [4.69, 9.17) is 11.6 Å². The fraction of sp³-hybridized carbons (Fsp3) is 0.118. The van der Waals surface area contributed by atoms with Gasteiger partial charge in [0.05, 0.1) is 15.9 Å². The van der Waals surface area contributed by atoms with Crippen molar-refractivity contribution in [1.82, 2.24) is 14.8 Å². The molecule has 0 spiro atoms. The van der Waals surface area contributed by atoms with E-state index in [9.17, 15) is 19.3 Å². The van der Waals surface area contributed by atoms with Crippen LogP contribution < -0.4 is 5.32 Å². The molecule has 1 heterocycles. The van der Waals surface area contributed by atoms with Crippen LogP contribution in [0.3, 0.4) is 0 Å². The van der Waals surface area contributed by atoms with Gasteiger partial charge in [-0.2, -0.15) is 4.39 Å². The molecule has 0 saturated heterocycles. The van der Waals surface area contributed by atoms with Crippen LogP contribution in [0.5, 0.6) is 0 Å². The molecule has 1 amide bonds. The van der Waals surface area contributed by atoms with Gasteiger partial charge in [-0.1, -0.05) is 29.4 Å². The van der Waals surface area contributed by atoms with Crippen molar-refractivity contribution < 1.29 is 14.1 Å². The number of nitrogens with zero attached hydrogens (tertiary/aromatic N) is 4. The summed E-state index contributed by atoms with van der Waals surface area (Å²) in [6.45, 7) is 1.65. The zero-order chi connectivity index (χ0) is 20.3. The first-order chi connectivity index (χ1) is 13.3. The van der Waals surface area contributed by atoms with E-state index in [1.807, 2.05) is 6.07 Å². The highest BCUT2D eigenvalue weighted by molar-refractivity contribution is 8.00. The number of benzene rings is 2. The van der Waals surface area contributed by atoms with Crippen LogP contribution in [0.15, 0.2) is 53.9 Å². The number of halogens is 2. The Balaban J connectivity index is 1.73. The largest absolute Gasteiger partial charge is 0.325 e. The predicted molar refractivity (Wildman–Crippen MR) is 103 cm³/mol. The molecule has 2 aromatic carbocycles. The van der Waals surface area contributed by atoms with Crippen molar-refractivity contribution >= 4 is 40.6 Å². The van der Waals surface area contributed by atoms with Crippen molar-refractivity contribution in [1.29, 1.82) is 0 Å². The maximum atomic E-state index is 13.4. The van der Waals surface area contributed by atoms with E-state index in [0.29, 0.717) is 10.2 Å². The van der Waals surface area contributed by atoms with Gasteiger partial charge in [-0.15, -0.1) is 10.2 Å². The number of nitro groups is 1. The van der Waals surface area contributed by atoms with Crippen LogP contribution >= 0.6 is 23.4 Å². The Morgan fingerprint density at radius 2 is 2.14 bits per heavy atom. The lowest BCUT2D eigenvalue weighted by Gasteiger charge is -2.12. The minimum absolute atomic E-state index is 0.127. The zero-order valence-corrected chi connectivity index (χ0v) is 15.9. The number of carbonyl (C=O) groups is 1. The molecule has 11 heteroatoms. The molecule has 0 saturated carbocycles. The van der Waals surface area contributed by atoms with Gasteiger partial charge in [0.2, 0.25) is 11.7 Å². The molecule has 0 bridgehead atoms. The van der Waals surface area contributed by atoms with Crippen molar-refractivity contribution in [2.24, 2.45) is 0 Å². The highest BCUT2D eigenvalue weighted by Crippen LogP contribution is 2.27. The molecule has 1 unspecified atom stereocenters. The number of amides is 1. The van der Waals surface area contributed by atoms with E-state index in [1.54, 1.807) is 29.7 Å². The molecule has 3 rings (SSSR count). The predicted octanol–water partition coefficient (Wildman–Crippen LogP) is 4.09. The molecule has 144 valence electrons. The molecule has 3 aromatic rings. The quantitative estimate of drug-likeness (QED) is 0.365. The minimum atomic E-state index is -0.972. The zero-order valence-electron chi connectivity index (χ0n) is 14.4. The molecular formula is C17H13ClFN5O3S. The number of hydrogen-bond acceptors (Lipinski definition) is 6. The highest BCUT2D eigenvalue weighted by Gasteiger charge is 2.20. The van der Waals surface area contributed by atoms with E-state index in [0.717, 1.165) is 29.6 Å². The van der Waals surface area contributed by atoms with E-state index in [2.05, 4.69) is 15.5 Å². The second kappa shape index (κ2) is 8.36. The van der Waals surface area contributed by atoms with Gasteiger partial charge in [0.1, 0.15) is 6.33 Å². The van der Waals surface area contributed by atoms with Crippen LogP contribution in [0.25, 0.3) is 5.69 Å². The highest BCUT2D eigenvalue weighted by atomic mass is 35.5. The molecule has 0 radical (unpaired) electrons. The molecule has 8 nitrogen and oxygen atoms in total. The van der Waals surface area contributed by atoms with Gasteiger partial charge < -0.3 is 5.32 Å². The smallest absolute Gasteiger partial charge is 0.306 e. The van der Waals surface area contributed by atoms with Crippen LogP contribution in [-0.4, -0.2) is 30.8 Å². The molecule has 0 aliphatic carbocycles. The van der Waals surface area contributed by atoms with Crippen molar-refractivity contribution in [2.75, 3.05) is 5.32 Å². The summed E-state index contributed by atoms with van der Waals surface area (Å²) in [5.41, 5.74) is 0.155. The summed E-state index contributed by atoms with van der Waals surface area (Å²) >= 11 is 7.15. The van der Waals surface area contributed by atoms with E-state index < -0.39 is 27.6 Å². The van der Waals surface area contributed by atoms with E-state index in [1.165, 1.54) is 12.4 Å². The summed E-state index contributed by atoms with van der Waals surface area (Å²) in [4.78, 5) is 22.4. The van der Waals surface area contributed by atoms with Gasteiger partial charge in [0.15, 0.2) is 5.16 Å². The van der Waals surface area contributed by atoms with Gasteiger partial charge in [0, 0.05) is 16.8 Å². The van der Waals surface area contributed by atoms with Crippen molar-refractivity contribution in [3.8, 4) is 5.69 Å². The fourth-order valence-electron chi connectivity index (χ4n) is 2.29. The first kappa shape index (κ1) is 19.8. The Kier molecular flexibility index (Phi) is 5.90. The van der Waals surface area contributed by atoms with Gasteiger partial charge in [-0.25, -0.2) is 0 Å². The lowest BCUT2D eigenvalue weighted by molar-refractivity contribution is -0.387. The summed E-state index contributed by atoms with van der Waals surface area (Å²) in [7, 11) is 0. The third kappa shape index (κ3) is 4.46. The summed E-state index contributed by atoms with van der Waals surface area (Å²) in [6.07, 6.45) is 1.50. The van der Waals surface area contributed by atoms with Gasteiger partial charge >= 0.3 is 5.69 Å². The first-order valence-electron chi connectivity index (χ1n) is 7.92. The lowest BCUT2D eigenvalue weighted by atomic mass is 10.2. The standard InChI is InChI=1S/C17H13ClFN5O3S/c1-10(16(25)21-12-5-6-14(19)15(8-12)24(26)27)28-17-22-20-9-23(17)13-4-2-3-11(18)7-13/h2-10H,1H3,(H,21,25). The average Bonchev–Trinajstić information content (AvgIpc) is 3.11. The molecule has 0 aliphatic heterocycles. The second-order valence-corrected chi connectivity index (χ2v) is 7.38. The molecule has 1 aromatic heterocycles. The van der Waals surface area contributed by atoms with E-state index >= 15 is 0 Å². The Morgan fingerprint density at radius 3 is 2.86 bits per heavy atom. The number of carbonyl (C=O) groups excluding carboxylic acids is 1. The number of thioether (sulfide) groups is 1. The number of anilines is 1. The van der Waals surface area contributed by atoms with Crippen LogP contribution in [0.4, 0.5) is 15.8 Å². The molecule has 1 atom stereocenters. The van der Waals surface area contributed by atoms with Crippen LogP contribution in [0.1, 0.15) is 6.92 Å². The third-order valence-electron chi connectivity index (χ3n) is 3.66. The number of nitrogens with one attached hydrogen (secondary N) is 1. The Labute approximate surface area is 167 Å². The Hall–Kier alpha value is -2.98. The number of rotatable bonds is 6. The molecule has 1 N–H and O–H groups in total. The second-order valence-electron chi connectivity index (χ2n) is 5.64. The van der Waals surface area contributed by atoms with E-state index in [-0.39, 0.29) is 5.69 Å². The number of hydrogen-bond donors (Lipinski definition) is 1. The fourth-order valence-corrected chi connectivity index (χ4v) is 3.32. The van der Waals surface area contributed by atoms with Crippen LogP contribution in [0.2, 0.25) is 5.02 Å². The summed E-state index contributed by atoms with van der Waals surface area (Å²) in [5.74, 6) is -1.40. The van der Waals surface area contributed by atoms with Gasteiger partial charge in [0.25, 0.3) is 0 Å². The summed E-state index contributed by atoms with van der Waals surface area (Å²) < 4.78 is 15.1. The van der Waals surface area contributed by atoms with Crippen molar-refractivity contribution in [2.45, 2.75) is 17.3 Å². The summed E-state index contributed by atoms with van der Waals surface area (Å²) in [6, 6.07) is 10.2. The van der Waals surface area contributed by atoms with Crippen molar-refractivity contribution in [3.05, 3.63) is 69.7 Å². The maximum absolute atomic E-state index is 13.4. The molecule has 0 aliphatic rings. The maximum Gasteiger partial charge on any atom is 0.306 e. The lowest BCUT2D eigenvalue weighted by Crippen LogP contribution is -2.23. The SMILES string of the molecule is CC(Sc1nncn1-c1cccc(Cl)c1)C(=O)Nc1ccc(F)c([N+](=O)[O-])c1. The molecule has 28 heavy (non-hydrogen) atoms. The monoisotopic (exact) mass is 421 g/mol. The summed E-state index contributed by atoms with van der Waals surface area (Å²) in [5, 5.41) is 21.6. The molecular weight excluding hydrogens is 409 g/mol. The van der Waals surface area contributed by atoms with Gasteiger partial charge in [-0.3, -0.25) is 19.5 Å². The van der Waals surface area contributed by atoms with Gasteiger partial charge in [-0.05, 0) is 37.3 Å². The minimum Gasteiger partial charge on any atom is -0.325 e. The van der Waals surface area contributed by atoms with Crippen LogP contribution in [-0.2, 0) is 4.79 Å². The normalized spacial score (nSPS) is 11.8. The average molecular weight is 422 g/mol. The number of nitro benzene ring substituents is 1. The Bertz CT molecular complexity index is 1050. The Morgan fingerprint density at radius 1 is 1.36 bits per heavy atom.